The van der Waals surface area contributed by atoms with E-state index in [1.54, 1.807) is 11.3 Å². The smallest absolute Gasteiger partial charge is 0.123 e. The zero-order valence-electron chi connectivity index (χ0n) is 9.47. The first-order chi connectivity index (χ1) is 8.33. The molecule has 17 heavy (non-hydrogen) atoms. The number of hydrogen-bond acceptors (Lipinski definition) is 4. The number of hydrogen-bond donors (Lipinski definition) is 1. The van der Waals surface area contributed by atoms with E-state index in [-0.39, 0.29) is 0 Å². The molecule has 4 nitrogen and oxygen atoms in total. The van der Waals surface area contributed by atoms with E-state index in [1.807, 2.05) is 12.5 Å². The first-order valence-electron chi connectivity index (χ1n) is 6.11. The van der Waals surface area contributed by atoms with Crippen LogP contribution < -0.4 is 5.73 Å². The van der Waals surface area contributed by atoms with E-state index in [0.717, 1.165) is 16.4 Å². The standard InChI is InChI=1S/C12H14N4S/c13-11-10(15-12(17-11)7-1-2-7)9-5-14-6-16(9)8-3-4-8/h5-8H,1-4,13H2. The van der Waals surface area contributed by atoms with Gasteiger partial charge in [0, 0.05) is 12.0 Å². The van der Waals surface area contributed by atoms with Crippen LogP contribution in [0.15, 0.2) is 12.5 Å². The molecular weight excluding hydrogens is 232 g/mol. The van der Waals surface area contributed by atoms with Crippen molar-refractivity contribution in [3.05, 3.63) is 17.5 Å². The Bertz CT molecular complexity index is 563. The van der Waals surface area contributed by atoms with Crippen LogP contribution in [0.5, 0.6) is 0 Å². The average Bonchev–Trinajstić information content (AvgIpc) is 3.24. The Morgan fingerprint density at radius 1 is 1.29 bits per heavy atom. The fourth-order valence-electron chi connectivity index (χ4n) is 2.17. The van der Waals surface area contributed by atoms with Crippen molar-refractivity contribution < 1.29 is 0 Å². The summed E-state index contributed by atoms with van der Waals surface area (Å²) in [6, 6.07) is 0.623. The maximum absolute atomic E-state index is 6.10. The Morgan fingerprint density at radius 3 is 2.82 bits per heavy atom. The van der Waals surface area contributed by atoms with Crippen molar-refractivity contribution >= 4 is 16.3 Å². The minimum absolute atomic E-state index is 0.623. The molecule has 0 aromatic carbocycles. The highest BCUT2D eigenvalue weighted by Gasteiger charge is 2.30. The molecule has 0 radical (unpaired) electrons. The lowest BCUT2D eigenvalue weighted by atomic mass is 10.3. The fraction of sp³-hybridized carbons (Fsp3) is 0.500. The van der Waals surface area contributed by atoms with Gasteiger partial charge in [0.2, 0.25) is 0 Å². The number of nitrogen functional groups attached to an aromatic ring is 1. The topological polar surface area (TPSA) is 56.7 Å². The molecule has 0 unspecified atom stereocenters. The summed E-state index contributed by atoms with van der Waals surface area (Å²) in [5.74, 6) is 0.674. The summed E-state index contributed by atoms with van der Waals surface area (Å²) in [4.78, 5) is 8.96. The first-order valence-corrected chi connectivity index (χ1v) is 6.93. The zero-order valence-corrected chi connectivity index (χ0v) is 10.3. The highest BCUT2D eigenvalue weighted by Crippen LogP contribution is 2.46. The molecule has 2 aliphatic carbocycles. The van der Waals surface area contributed by atoms with Crippen LogP contribution in [0.25, 0.3) is 11.4 Å². The summed E-state index contributed by atoms with van der Waals surface area (Å²) >= 11 is 1.65. The van der Waals surface area contributed by atoms with E-state index < -0.39 is 0 Å². The molecule has 2 aliphatic rings. The Morgan fingerprint density at radius 2 is 2.12 bits per heavy atom. The van der Waals surface area contributed by atoms with Crippen LogP contribution in [0, 0.1) is 0 Å². The van der Waals surface area contributed by atoms with Crippen LogP contribution in [-0.4, -0.2) is 14.5 Å². The molecule has 2 aromatic rings. The maximum atomic E-state index is 6.10. The van der Waals surface area contributed by atoms with Crippen molar-refractivity contribution in [1.82, 2.24) is 14.5 Å². The summed E-state index contributed by atoms with van der Waals surface area (Å²) in [5.41, 5.74) is 8.14. The number of aromatic nitrogens is 3. The molecule has 0 spiro atoms. The molecular formula is C12H14N4S. The number of imidazole rings is 1. The van der Waals surface area contributed by atoms with E-state index in [9.17, 15) is 0 Å². The van der Waals surface area contributed by atoms with Gasteiger partial charge in [0.05, 0.1) is 23.2 Å². The molecule has 88 valence electrons. The predicted octanol–water partition coefficient (Wildman–Crippen LogP) is 2.80. The quantitative estimate of drug-likeness (QED) is 0.906. The Kier molecular flexibility index (Phi) is 1.88. The van der Waals surface area contributed by atoms with Crippen molar-refractivity contribution in [3.8, 4) is 11.4 Å². The van der Waals surface area contributed by atoms with Gasteiger partial charge < -0.3 is 10.3 Å². The third-order valence-electron chi connectivity index (χ3n) is 3.45. The highest BCUT2D eigenvalue weighted by atomic mass is 32.1. The van der Waals surface area contributed by atoms with Crippen LogP contribution in [0.3, 0.4) is 0 Å². The number of nitrogens with zero attached hydrogens (tertiary/aromatic N) is 3. The summed E-state index contributed by atoms with van der Waals surface area (Å²) in [6.45, 7) is 0. The molecule has 2 fully saturated rings. The van der Waals surface area contributed by atoms with E-state index in [1.165, 1.54) is 30.7 Å². The van der Waals surface area contributed by atoms with Gasteiger partial charge in [-0.05, 0) is 25.7 Å². The average molecular weight is 246 g/mol. The van der Waals surface area contributed by atoms with E-state index in [4.69, 9.17) is 10.7 Å². The summed E-state index contributed by atoms with van der Waals surface area (Å²) in [5, 5.41) is 2.05. The summed E-state index contributed by atoms with van der Waals surface area (Å²) in [7, 11) is 0. The Hall–Kier alpha value is -1.36. The largest absolute Gasteiger partial charge is 0.389 e. The number of nitrogens with two attached hydrogens (primary N) is 1. The number of rotatable bonds is 3. The molecule has 0 atom stereocenters. The first kappa shape index (κ1) is 9.65. The SMILES string of the molecule is Nc1sc(C2CC2)nc1-c1cncn1C1CC1. The van der Waals surface area contributed by atoms with Crippen molar-refractivity contribution in [2.75, 3.05) is 5.73 Å². The molecule has 2 heterocycles. The molecule has 0 aliphatic heterocycles. The molecule has 2 N–H and O–H groups in total. The fourth-order valence-corrected chi connectivity index (χ4v) is 3.18. The molecule has 5 heteroatoms. The molecule has 2 saturated carbocycles. The lowest BCUT2D eigenvalue weighted by Gasteiger charge is -2.03. The summed E-state index contributed by atoms with van der Waals surface area (Å²) < 4.78 is 2.22. The normalized spacial score (nSPS) is 19.8. The lowest BCUT2D eigenvalue weighted by molar-refractivity contribution is 0.746. The Labute approximate surface area is 104 Å². The van der Waals surface area contributed by atoms with E-state index in [2.05, 4.69) is 9.55 Å². The lowest BCUT2D eigenvalue weighted by Crippen LogP contribution is -1.96. The van der Waals surface area contributed by atoms with Gasteiger partial charge in [-0.2, -0.15) is 0 Å². The third-order valence-corrected chi connectivity index (χ3v) is 4.49. The van der Waals surface area contributed by atoms with Gasteiger partial charge >= 0.3 is 0 Å². The van der Waals surface area contributed by atoms with Gasteiger partial charge in [-0.1, -0.05) is 0 Å². The van der Waals surface area contributed by atoms with Crippen molar-refractivity contribution in [3.63, 3.8) is 0 Å². The van der Waals surface area contributed by atoms with Crippen molar-refractivity contribution in [1.29, 1.82) is 0 Å². The van der Waals surface area contributed by atoms with Crippen LogP contribution in [0.2, 0.25) is 0 Å². The second-order valence-electron chi connectivity index (χ2n) is 4.96. The van der Waals surface area contributed by atoms with Gasteiger partial charge in [-0.15, -0.1) is 11.3 Å². The predicted molar refractivity (Wildman–Crippen MR) is 68.0 cm³/mol. The third kappa shape index (κ3) is 1.57. The van der Waals surface area contributed by atoms with Crippen LogP contribution in [0.4, 0.5) is 5.00 Å². The Balaban J connectivity index is 1.79. The molecule has 0 amide bonds. The van der Waals surface area contributed by atoms with Crippen LogP contribution >= 0.6 is 11.3 Å². The maximum Gasteiger partial charge on any atom is 0.123 e. The zero-order chi connectivity index (χ0) is 11.4. The molecule has 0 bridgehead atoms. The number of thiazole rings is 1. The second-order valence-corrected chi connectivity index (χ2v) is 6.02. The van der Waals surface area contributed by atoms with Gasteiger partial charge in [0.15, 0.2) is 0 Å². The molecule has 4 rings (SSSR count). The molecule has 2 aromatic heterocycles. The minimum Gasteiger partial charge on any atom is -0.389 e. The second kappa shape index (κ2) is 3.32. The van der Waals surface area contributed by atoms with Crippen molar-refractivity contribution in [2.24, 2.45) is 0 Å². The highest BCUT2D eigenvalue weighted by molar-refractivity contribution is 7.16. The van der Waals surface area contributed by atoms with Gasteiger partial charge in [0.1, 0.15) is 10.7 Å². The summed E-state index contributed by atoms with van der Waals surface area (Å²) in [6.07, 6.45) is 8.84. The van der Waals surface area contributed by atoms with E-state index in [0.29, 0.717) is 12.0 Å². The van der Waals surface area contributed by atoms with Gasteiger partial charge in [-0.3, -0.25) is 0 Å². The molecule has 0 saturated heterocycles. The van der Waals surface area contributed by atoms with Gasteiger partial charge in [0.25, 0.3) is 0 Å². The van der Waals surface area contributed by atoms with Crippen LogP contribution in [0.1, 0.15) is 42.7 Å². The van der Waals surface area contributed by atoms with Crippen LogP contribution in [-0.2, 0) is 0 Å². The van der Waals surface area contributed by atoms with E-state index >= 15 is 0 Å². The number of anilines is 1. The monoisotopic (exact) mass is 246 g/mol. The van der Waals surface area contributed by atoms with Crippen molar-refractivity contribution in [2.45, 2.75) is 37.6 Å². The minimum atomic E-state index is 0.623. The van der Waals surface area contributed by atoms with Gasteiger partial charge in [-0.25, -0.2) is 9.97 Å².